The number of hydrogen-bond donors (Lipinski definition) is 1. The Labute approximate surface area is 232 Å². The molecular weight excluding hydrogens is 544 g/mol. The smallest absolute Gasteiger partial charge is 0.262 e. The van der Waals surface area contributed by atoms with Gasteiger partial charge in [-0.3, -0.25) is 14.4 Å². The lowest BCUT2D eigenvalue weighted by Crippen LogP contribution is -2.39. The van der Waals surface area contributed by atoms with Crippen LogP contribution >= 0.6 is 15.9 Å². The summed E-state index contributed by atoms with van der Waals surface area (Å²) in [4.78, 5) is 42.0. The van der Waals surface area contributed by atoms with Gasteiger partial charge in [0.05, 0.1) is 0 Å². The van der Waals surface area contributed by atoms with E-state index >= 15 is 0 Å². The molecular formula is C31H33BrN2O4. The number of carbonyl (C=O) groups excluding carboxylic acids is 3. The second-order valence-electron chi connectivity index (χ2n) is 10.3. The first-order valence-corrected chi connectivity index (χ1v) is 14.2. The van der Waals surface area contributed by atoms with Crippen LogP contribution in [-0.2, 0) is 14.4 Å². The number of amides is 1. The summed E-state index contributed by atoms with van der Waals surface area (Å²) >= 11 is 3.59. The van der Waals surface area contributed by atoms with Crippen molar-refractivity contribution in [1.29, 1.82) is 0 Å². The number of Topliss-reactive ketones (excluding diaryl/α,β-unsaturated/α-hetero) is 2. The number of nitrogens with one attached hydrogen (secondary N) is 1. The molecule has 0 bridgehead atoms. The van der Waals surface area contributed by atoms with Gasteiger partial charge in [-0.05, 0) is 81.8 Å². The van der Waals surface area contributed by atoms with Crippen LogP contribution < -0.4 is 10.1 Å². The van der Waals surface area contributed by atoms with Gasteiger partial charge in [0, 0.05) is 63.6 Å². The average Bonchev–Trinajstić information content (AvgIpc) is 2.89. The van der Waals surface area contributed by atoms with E-state index in [1.54, 1.807) is 0 Å². The summed E-state index contributed by atoms with van der Waals surface area (Å²) in [6, 6.07) is 11.5. The van der Waals surface area contributed by atoms with Gasteiger partial charge in [-0.1, -0.05) is 28.1 Å². The molecule has 0 fully saturated rings. The highest BCUT2D eigenvalue weighted by Crippen LogP contribution is 2.51. The normalized spacial score (nSPS) is 17.9. The molecule has 38 heavy (non-hydrogen) atoms. The van der Waals surface area contributed by atoms with Crippen molar-refractivity contribution >= 4 is 39.1 Å². The molecule has 1 amide bonds. The molecule has 0 unspecified atom stereocenters. The predicted octanol–water partition coefficient (Wildman–Crippen LogP) is 6.52. The number of hydrogen-bond acceptors (Lipinski definition) is 5. The Balaban J connectivity index is 1.53. The van der Waals surface area contributed by atoms with Crippen LogP contribution in [0.15, 0.2) is 63.4 Å². The van der Waals surface area contributed by atoms with Gasteiger partial charge in [0.1, 0.15) is 5.75 Å². The van der Waals surface area contributed by atoms with Crippen molar-refractivity contribution in [3.8, 4) is 5.75 Å². The number of rotatable bonds is 6. The van der Waals surface area contributed by atoms with E-state index in [0.717, 1.165) is 81.6 Å². The molecule has 6 nitrogen and oxygen atoms in total. The minimum absolute atomic E-state index is 0.0956. The van der Waals surface area contributed by atoms with Crippen molar-refractivity contribution in [2.45, 2.75) is 65.2 Å². The first-order chi connectivity index (χ1) is 18.3. The Morgan fingerprint density at radius 3 is 2.26 bits per heavy atom. The number of carbonyl (C=O) groups is 3. The van der Waals surface area contributed by atoms with Gasteiger partial charge < -0.3 is 15.0 Å². The number of aryl methyl sites for hydroxylation is 2. The van der Waals surface area contributed by atoms with Gasteiger partial charge in [-0.25, -0.2) is 0 Å². The standard InChI is InChI=1S/C31H33BrN2O4/c1-4-34-23-7-5-9-25(35)30(23)29(31-24(34)8-6-10-26(31)36)21-16-20(32)13-14-27(21)38-17-28(37)33-22-15-18(2)11-12-19(22)3/h11-16,29H,4-10,17H2,1-3H3,(H,33,37). The van der Waals surface area contributed by atoms with Crippen molar-refractivity contribution in [2.24, 2.45) is 0 Å². The van der Waals surface area contributed by atoms with Crippen LogP contribution in [0.5, 0.6) is 5.75 Å². The summed E-state index contributed by atoms with van der Waals surface area (Å²) in [6.45, 7) is 6.55. The van der Waals surface area contributed by atoms with Crippen molar-refractivity contribution in [1.82, 2.24) is 4.90 Å². The molecule has 2 aromatic rings. The number of allylic oxidation sites excluding steroid dienone is 4. The van der Waals surface area contributed by atoms with Crippen LogP contribution in [-0.4, -0.2) is 35.5 Å². The molecule has 0 saturated heterocycles. The molecule has 7 heteroatoms. The fourth-order valence-electron chi connectivity index (χ4n) is 5.99. The van der Waals surface area contributed by atoms with E-state index in [4.69, 9.17) is 4.74 Å². The van der Waals surface area contributed by atoms with Crippen LogP contribution in [0.2, 0.25) is 0 Å². The molecule has 5 rings (SSSR count). The molecule has 0 aromatic heterocycles. The first kappa shape index (κ1) is 26.4. The molecule has 2 aliphatic carbocycles. The van der Waals surface area contributed by atoms with E-state index in [-0.39, 0.29) is 24.1 Å². The van der Waals surface area contributed by atoms with E-state index in [2.05, 4.69) is 33.1 Å². The molecule has 2 aromatic carbocycles. The lowest BCUT2D eigenvalue weighted by atomic mass is 9.70. The van der Waals surface area contributed by atoms with Crippen LogP contribution in [0.25, 0.3) is 0 Å². The fourth-order valence-corrected chi connectivity index (χ4v) is 6.36. The zero-order valence-electron chi connectivity index (χ0n) is 22.2. The SMILES string of the molecule is CCN1C2=C(C(=O)CCC2)C(c2cc(Br)ccc2OCC(=O)Nc2cc(C)ccc2C)C2=C1CCCC2=O. The zero-order valence-corrected chi connectivity index (χ0v) is 23.7. The maximum atomic E-state index is 13.4. The second kappa shape index (κ2) is 10.9. The Kier molecular flexibility index (Phi) is 7.57. The minimum Gasteiger partial charge on any atom is -0.483 e. The summed E-state index contributed by atoms with van der Waals surface area (Å²) in [5, 5.41) is 2.94. The van der Waals surface area contributed by atoms with Crippen molar-refractivity contribution in [2.75, 3.05) is 18.5 Å². The molecule has 3 aliphatic rings. The maximum absolute atomic E-state index is 13.4. The number of anilines is 1. The maximum Gasteiger partial charge on any atom is 0.262 e. The van der Waals surface area contributed by atoms with E-state index in [9.17, 15) is 14.4 Å². The highest BCUT2D eigenvalue weighted by molar-refractivity contribution is 9.10. The van der Waals surface area contributed by atoms with Gasteiger partial charge in [0.15, 0.2) is 18.2 Å². The third-order valence-electron chi connectivity index (χ3n) is 7.71. The topological polar surface area (TPSA) is 75.7 Å². The van der Waals surface area contributed by atoms with Gasteiger partial charge in [0.25, 0.3) is 5.91 Å². The summed E-state index contributed by atoms with van der Waals surface area (Å²) in [5.74, 6) is -0.0558. The molecule has 1 heterocycles. The van der Waals surface area contributed by atoms with Crippen molar-refractivity contribution in [3.05, 3.63) is 80.1 Å². The zero-order chi connectivity index (χ0) is 27.0. The molecule has 1 N–H and O–H groups in total. The van der Waals surface area contributed by atoms with Crippen LogP contribution in [0, 0.1) is 13.8 Å². The Morgan fingerprint density at radius 1 is 0.974 bits per heavy atom. The highest BCUT2D eigenvalue weighted by atomic mass is 79.9. The average molecular weight is 578 g/mol. The Morgan fingerprint density at radius 2 is 1.63 bits per heavy atom. The summed E-state index contributed by atoms with van der Waals surface area (Å²) in [6.07, 6.45) is 4.23. The van der Waals surface area contributed by atoms with E-state index in [1.165, 1.54) is 0 Å². The largest absolute Gasteiger partial charge is 0.483 e. The van der Waals surface area contributed by atoms with Crippen LogP contribution in [0.1, 0.15) is 68.1 Å². The molecule has 0 atom stereocenters. The number of ether oxygens (including phenoxy) is 1. The molecule has 0 spiro atoms. The predicted molar refractivity (Wildman–Crippen MR) is 151 cm³/mol. The van der Waals surface area contributed by atoms with E-state index in [0.29, 0.717) is 18.6 Å². The third-order valence-corrected chi connectivity index (χ3v) is 8.20. The van der Waals surface area contributed by atoms with E-state index < -0.39 is 5.92 Å². The van der Waals surface area contributed by atoms with Gasteiger partial charge in [-0.15, -0.1) is 0 Å². The Hall–Kier alpha value is -3.19. The number of halogens is 1. The highest BCUT2D eigenvalue weighted by Gasteiger charge is 2.43. The minimum atomic E-state index is -0.488. The molecule has 0 saturated carbocycles. The second-order valence-corrected chi connectivity index (χ2v) is 11.2. The summed E-state index contributed by atoms with van der Waals surface area (Å²) in [7, 11) is 0. The summed E-state index contributed by atoms with van der Waals surface area (Å²) in [5.41, 5.74) is 7.06. The molecule has 1 aliphatic heterocycles. The van der Waals surface area contributed by atoms with Gasteiger partial charge in [0.2, 0.25) is 0 Å². The van der Waals surface area contributed by atoms with Crippen molar-refractivity contribution in [3.63, 3.8) is 0 Å². The Bertz CT molecular complexity index is 1350. The van der Waals surface area contributed by atoms with Crippen molar-refractivity contribution < 1.29 is 19.1 Å². The van der Waals surface area contributed by atoms with Gasteiger partial charge >= 0.3 is 0 Å². The summed E-state index contributed by atoms with van der Waals surface area (Å²) < 4.78 is 6.95. The fraction of sp³-hybridized carbons (Fsp3) is 0.387. The number of benzene rings is 2. The monoisotopic (exact) mass is 576 g/mol. The molecule has 0 radical (unpaired) electrons. The quantitative estimate of drug-likeness (QED) is 0.424. The van der Waals surface area contributed by atoms with E-state index in [1.807, 2.05) is 50.2 Å². The number of ketones is 2. The molecule has 198 valence electrons. The lowest BCUT2D eigenvalue weighted by Gasteiger charge is -2.43. The lowest BCUT2D eigenvalue weighted by molar-refractivity contribution is -0.119. The first-order valence-electron chi connectivity index (χ1n) is 13.4. The number of nitrogens with zero attached hydrogens (tertiary/aromatic N) is 1. The van der Waals surface area contributed by atoms with Crippen LogP contribution in [0.3, 0.4) is 0 Å². The van der Waals surface area contributed by atoms with Crippen LogP contribution in [0.4, 0.5) is 5.69 Å². The van der Waals surface area contributed by atoms with Gasteiger partial charge in [-0.2, -0.15) is 0 Å². The third kappa shape index (κ3) is 4.96.